The molecular formula is C20H27N3O3. The lowest BCUT2D eigenvalue weighted by Crippen LogP contribution is -2.51. The van der Waals surface area contributed by atoms with Crippen LogP contribution < -0.4 is 0 Å². The van der Waals surface area contributed by atoms with Gasteiger partial charge in [0.25, 0.3) is 5.91 Å². The number of aryl methyl sites for hydroxylation is 1. The van der Waals surface area contributed by atoms with Gasteiger partial charge in [-0.3, -0.25) is 9.59 Å². The molecule has 3 aliphatic rings. The first-order valence-electron chi connectivity index (χ1n) is 9.76. The molecule has 1 aromatic rings. The van der Waals surface area contributed by atoms with Crippen LogP contribution in [0, 0.1) is 12.8 Å². The van der Waals surface area contributed by atoms with Crippen LogP contribution in [0.15, 0.2) is 18.2 Å². The molecular weight excluding hydrogens is 330 g/mol. The number of amides is 2. The Balaban J connectivity index is 1.47. The van der Waals surface area contributed by atoms with E-state index in [4.69, 9.17) is 4.74 Å². The van der Waals surface area contributed by atoms with Crippen molar-refractivity contribution >= 4 is 11.8 Å². The van der Waals surface area contributed by atoms with E-state index in [0.717, 1.165) is 51.0 Å². The number of hydrogen-bond donors (Lipinski definition) is 0. The van der Waals surface area contributed by atoms with Crippen LogP contribution in [0.25, 0.3) is 0 Å². The number of aromatic nitrogens is 1. The molecule has 1 aromatic heterocycles. The lowest BCUT2D eigenvalue weighted by molar-refractivity contribution is -0.139. The van der Waals surface area contributed by atoms with Crippen LogP contribution in [0.4, 0.5) is 0 Å². The maximum Gasteiger partial charge on any atom is 0.272 e. The van der Waals surface area contributed by atoms with E-state index in [1.807, 2.05) is 24.0 Å². The summed E-state index contributed by atoms with van der Waals surface area (Å²) in [6.07, 6.45) is 4.69. The summed E-state index contributed by atoms with van der Waals surface area (Å²) in [5, 5.41) is 0. The van der Waals surface area contributed by atoms with E-state index in [0.29, 0.717) is 24.7 Å². The smallest absolute Gasteiger partial charge is 0.272 e. The van der Waals surface area contributed by atoms with Gasteiger partial charge in [0.15, 0.2) is 0 Å². The first kappa shape index (κ1) is 17.5. The van der Waals surface area contributed by atoms with Crippen LogP contribution in [-0.4, -0.2) is 65.0 Å². The van der Waals surface area contributed by atoms with Gasteiger partial charge in [0.1, 0.15) is 5.69 Å². The summed E-state index contributed by atoms with van der Waals surface area (Å²) in [6, 6.07) is 5.92. The van der Waals surface area contributed by atoms with Gasteiger partial charge in [-0.05, 0) is 51.2 Å². The van der Waals surface area contributed by atoms with Crippen LogP contribution in [-0.2, 0) is 9.53 Å². The summed E-state index contributed by atoms with van der Waals surface area (Å²) < 4.78 is 5.49. The second kappa shape index (κ2) is 7.35. The summed E-state index contributed by atoms with van der Waals surface area (Å²) in [7, 11) is 0. The fraction of sp³-hybridized carbons (Fsp3) is 0.650. The van der Waals surface area contributed by atoms with E-state index in [2.05, 4.69) is 9.88 Å². The highest BCUT2D eigenvalue weighted by molar-refractivity contribution is 5.92. The first-order valence-corrected chi connectivity index (χ1v) is 9.76. The van der Waals surface area contributed by atoms with Crippen molar-refractivity contribution in [3.63, 3.8) is 0 Å². The van der Waals surface area contributed by atoms with Crippen LogP contribution in [0.3, 0.4) is 0 Å². The topological polar surface area (TPSA) is 62.7 Å². The van der Waals surface area contributed by atoms with E-state index in [9.17, 15) is 9.59 Å². The molecule has 140 valence electrons. The number of carbonyl (C=O) groups is 2. The Labute approximate surface area is 154 Å². The highest BCUT2D eigenvalue weighted by Gasteiger charge is 2.42. The van der Waals surface area contributed by atoms with Gasteiger partial charge in [-0.2, -0.15) is 0 Å². The van der Waals surface area contributed by atoms with Crippen molar-refractivity contribution in [1.29, 1.82) is 0 Å². The van der Waals surface area contributed by atoms with E-state index in [-0.39, 0.29) is 23.9 Å². The number of rotatable bonds is 4. The van der Waals surface area contributed by atoms with E-state index < -0.39 is 0 Å². The van der Waals surface area contributed by atoms with Gasteiger partial charge in [0, 0.05) is 44.0 Å². The molecule has 2 saturated heterocycles. The molecule has 0 aromatic carbocycles. The summed E-state index contributed by atoms with van der Waals surface area (Å²) in [6.45, 7) is 4.65. The number of hydrogen-bond acceptors (Lipinski definition) is 4. The van der Waals surface area contributed by atoms with Gasteiger partial charge in [-0.15, -0.1) is 0 Å². The molecule has 1 aliphatic carbocycles. The molecule has 6 nitrogen and oxygen atoms in total. The molecule has 2 aliphatic heterocycles. The molecule has 1 atom stereocenters. The monoisotopic (exact) mass is 357 g/mol. The Kier molecular flexibility index (Phi) is 4.94. The fourth-order valence-corrected chi connectivity index (χ4v) is 4.14. The standard InChI is InChI=1S/C20H27N3O3/c1-14-3-2-4-18(21-14)20(25)22-10-7-17(13-22)23(19(24)15-5-6-15)16-8-11-26-12-9-16/h2-4,15-17H,5-13H2,1H3. The fourth-order valence-electron chi connectivity index (χ4n) is 4.14. The Hall–Kier alpha value is -1.95. The number of carbonyl (C=O) groups excluding carboxylic acids is 2. The summed E-state index contributed by atoms with van der Waals surface area (Å²) in [5.74, 6) is 0.480. The predicted octanol–water partition coefficient (Wildman–Crippen LogP) is 2.02. The van der Waals surface area contributed by atoms with E-state index in [1.54, 1.807) is 6.07 Å². The summed E-state index contributed by atoms with van der Waals surface area (Å²) >= 11 is 0. The molecule has 3 heterocycles. The average Bonchev–Trinajstić information content (AvgIpc) is 3.41. The summed E-state index contributed by atoms with van der Waals surface area (Å²) in [5.41, 5.74) is 1.34. The molecule has 1 saturated carbocycles. The molecule has 26 heavy (non-hydrogen) atoms. The van der Waals surface area contributed by atoms with Gasteiger partial charge < -0.3 is 14.5 Å². The second-order valence-corrected chi connectivity index (χ2v) is 7.72. The number of ether oxygens (including phenoxy) is 1. The average molecular weight is 357 g/mol. The van der Waals surface area contributed by atoms with E-state index >= 15 is 0 Å². The third-order valence-electron chi connectivity index (χ3n) is 5.72. The van der Waals surface area contributed by atoms with Gasteiger partial charge >= 0.3 is 0 Å². The SMILES string of the molecule is Cc1cccc(C(=O)N2CCC(N(C(=O)C3CC3)C3CCOCC3)C2)n1. The van der Waals surface area contributed by atoms with Crippen molar-refractivity contribution in [1.82, 2.24) is 14.8 Å². The van der Waals surface area contributed by atoms with Crippen molar-refractivity contribution in [2.75, 3.05) is 26.3 Å². The molecule has 1 unspecified atom stereocenters. The van der Waals surface area contributed by atoms with Crippen molar-refractivity contribution < 1.29 is 14.3 Å². The zero-order chi connectivity index (χ0) is 18.1. The quantitative estimate of drug-likeness (QED) is 0.827. The van der Waals surface area contributed by atoms with Gasteiger partial charge in [-0.25, -0.2) is 4.98 Å². The first-order chi connectivity index (χ1) is 12.6. The third kappa shape index (κ3) is 3.61. The van der Waals surface area contributed by atoms with Gasteiger partial charge in [0.05, 0.1) is 6.04 Å². The van der Waals surface area contributed by atoms with Crippen molar-refractivity contribution in [2.24, 2.45) is 5.92 Å². The lowest BCUT2D eigenvalue weighted by atomic mass is 10.0. The minimum Gasteiger partial charge on any atom is -0.381 e. The predicted molar refractivity (Wildman–Crippen MR) is 96.7 cm³/mol. The Morgan fingerprint density at radius 2 is 1.88 bits per heavy atom. The zero-order valence-corrected chi connectivity index (χ0v) is 15.4. The van der Waals surface area contributed by atoms with Crippen LogP contribution in [0.1, 0.15) is 48.3 Å². The summed E-state index contributed by atoms with van der Waals surface area (Å²) in [4.78, 5) is 34.1. The lowest BCUT2D eigenvalue weighted by Gasteiger charge is -2.38. The van der Waals surface area contributed by atoms with Crippen molar-refractivity contribution in [2.45, 2.75) is 51.1 Å². The largest absolute Gasteiger partial charge is 0.381 e. The highest BCUT2D eigenvalue weighted by atomic mass is 16.5. The molecule has 4 rings (SSSR count). The van der Waals surface area contributed by atoms with E-state index in [1.165, 1.54) is 0 Å². The molecule has 6 heteroatoms. The minimum atomic E-state index is -0.0259. The van der Waals surface area contributed by atoms with Gasteiger partial charge in [0.2, 0.25) is 5.91 Å². The van der Waals surface area contributed by atoms with Crippen molar-refractivity contribution in [3.8, 4) is 0 Å². The maximum atomic E-state index is 13.0. The van der Waals surface area contributed by atoms with Gasteiger partial charge in [-0.1, -0.05) is 6.07 Å². The van der Waals surface area contributed by atoms with Crippen LogP contribution in [0.5, 0.6) is 0 Å². The molecule has 2 amide bonds. The Morgan fingerprint density at radius 3 is 2.58 bits per heavy atom. The number of pyridine rings is 1. The number of likely N-dealkylation sites (tertiary alicyclic amines) is 1. The molecule has 0 radical (unpaired) electrons. The molecule has 3 fully saturated rings. The maximum absolute atomic E-state index is 13.0. The normalized spacial score (nSPS) is 23.9. The number of nitrogens with zero attached hydrogens (tertiary/aromatic N) is 3. The highest BCUT2D eigenvalue weighted by Crippen LogP contribution is 2.35. The minimum absolute atomic E-state index is 0.0259. The molecule has 0 N–H and O–H groups in total. The molecule has 0 spiro atoms. The molecule has 0 bridgehead atoms. The zero-order valence-electron chi connectivity index (χ0n) is 15.4. The van der Waals surface area contributed by atoms with Crippen LogP contribution in [0.2, 0.25) is 0 Å². The second-order valence-electron chi connectivity index (χ2n) is 7.72. The van der Waals surface area contributed by atoms with Crippen LogP contribution >= 0.6 is 0 Å². The Morgan fingerprint density at radius 1 is 1.12 bits per heavy atom. The Bertz CT molecular complexity index is 683. The third-order valence-corrected chi connectivity index (χ3v) is 5.72. The van der Waals surface area contributed by atoms with Crippen molar-refractivity contribution in [3.05, 3.63) is 29.6 Å².